The van der Waals surface area contributed by atoms with Crippen LogP contribution in [0.2, 0.25) is 0 Å². The number of nitrogens with two attached hydrogens (primary N) is 1. The minimum absolute atomic E-state index is 0.0324. The summed E-state index contributed by atoms with van der Waals surface area (Å²) in [6.45, 7) is 2.36. The van der Waals surface area contributed by atoms with Crippen LogP contribution < -0.4 is 10.5 Å². The van der Waals surface area contributed by atoms with Gasteiger partial charge in [0.05, 0.1) is 17.6 Å². The van der Waals surface area contributed by atoms with E-state index in [1.54, 1.807) is 24.3 Å². The van der Waals surface area contributed by atoms with Gasteiger partial charge >= 0.3 is 0 Å². The number of sulfonamides is 1. The molecule has 0 saturated carbocycles. The average molecular weight is 495 g/mol. The predicted molar refractivity (Wildman–Crippen MR) is 132 cm³/mol. The first-order valence-electron chi connectivity index (χ1n) is 11.8. The van der Waals surface area contributed by atoms with Crippen molar-refractivity contribution in [1.82, 2.24) is 5.32 Å². The molecule has 0 aromatic heterocycles. The number of nitrogens with one attached hydrogen (secondary N) is 1. The number of hydrogen-bond acceptors (Lipinski definition) is 7. The van der Waals surface area contributed by atoms with Gasteiger partial charge < -0.3 is 25.4 Å². The normalized spacial score (nSPS) is 12.7. The Morgan fingerprint density at radius 3 is 2.47 bits per heavy atom. The van der Waals surface area contributed by atoms with Gasteiger partial charge in [-0.15, -0.1) is 0 Å². The molecule has 2 aromatic carbocycles. The Kier molecular flexibility index (Phi) is 12.5. The van der Waals surface area contributed by atoms with Crippen LogP contribution in [0, 0.1) is 0 Å². The molecule has 2 aromatic rings. The van der Waals surface area contributed by atoms with Crippen molar-refractivity contribution in [2.75, 3.05) is 26.3 Å². The maximum Gasteiger partial charge on any atom is 0.238 e. The molecule has 6 N–H and O–H groups in total. The summed E-state index contributed by atoms with van der Waals surface area (Å²) in [5.74, 6) is 0.0324. The highest BCUT2D eigenvalue weighted by atomic mass is 32.2. The Balaban J connectivity index is 1.43. The number of ether oxygens (including phenoxy) is 1. The molecule has 0 amide bonds. The van der Waals surface area contributed by atoms with E-state index in [9.17, 15) is 23.7 Å². The minimum atomic E-state index is -3.66. The zero-order chi connectivity index (χ0) is 24.8. The molecule has 9 heteroatoms. The van der Waals surface area contributed by atoms with E-state index >= 15 is 0 Å². The third-order valence-corrected chi connectivity index (χ3v) is 6.53. The van der Waals surface area contributed by atoms with E-state index in [0.717, 1.165) is 63.7 Å². The van der Waals surface area contributed by atoms with Crippen molar-refractivity contribution in [1.29, 1.82) is 0 Å². The molecule has 1 atom stereocenters. The number of unbranched alkanes of at least 4 members (excludes halogenated alkanes) is 4. The summed E-state index contributed by atoms with van der Waals surface area (Å²) in [7, 11) is -3.66. The number of primary sulfonamides is 1. The van der Waals surface area contributed by atoms with Gasteiger partial charge in [-0.05, 0) is 67.6 Å². The fourth-order valence-corrected chi connectivity index (χ4v) is 4.22. The van der Waals surface area contributed by atoms with E-state index in [1.165, 1.54) is 12.1 Å². The summed E-state index contributed by atoms with van der Waals surface area (Å²) in [5.41, 5.74) is 2.02. The third kappa shape index (κ3) is 10.5. The molecule has 0 fully saturated rings. The molecule has 190 valence electrons. The SMILES string of the molecule is NS(=O)(=O)c1cccc(CCCOCCCCCCCNC[C@H](O)c2ccc(O)c(CO)c2)c1. The maximum absolute atomic E-state index is 11.4. The van der Waals surface area contributed by atoms with Crippen molar-refractivity contribution < 1.29 is 28.5 Å². The van der Waals surface area contributed by atoms with Crippen molar-refractivity contribution in [3.05, 3.63) is 59.2 Å². The number of aromatic hydroxyl groups is 1. The topological polar surface area (TPSA) is 142 Å². The van der Waals surface area contributed by atoms with Crippen molar-refractivity contribution >= 4 is 10.0 Å². The molecular weight excluding hydrogens is 456 g/mol. The molecular formula is C25H38N2O6S. The molecule has 0 aliphatic heterocycles. The number of aliphatic hydroxyl groups is 2. The van der Waals surface area contributed by atoms with E-state index in [-0.39, 0.29) is 17.3 Å². The number of aliphatic hydroxyl groups excluding tert-OH is 2. The Morgan fingerprint density at radius 2 is 1.71 bits per heavy atom. The molecule has 0 spiro atoms. The van der Waals surface area contributed by atoms with Crippen LogP contribution in [-0.2, 0) is 27.8 Å². The van der Waals surface area contributed by atoms with Crippen molar-refractivity contribution in [3.63, 3.8) is 0 Å². The molecule has 0 aliphatic rings. The Hall–Kier alpha value is -2.01. The molecule has 0 bridgehead atoms. The fourth-order valence-electron chi connectivity index (χ4n) is 3.64. The van der Waals surface area contributed by atoms with Crippen molar-refractivity contribution in [2.45, 2.75) is 62.6 Å². The highest BCUT2D eigenvalue weighted by Gasteiger charge is 2.10. The predicted octanol–water partition coefficient (Wildman–Crippen LogP) is 2.75. The lowest BCUT2D eigenvalue weighted by Crippen LogP contribution is -2.22. The van der Waals surface area contributed by atoms with Crippen molar-refractivity contribution in [3.8, 4) is 5.75 Å². The van der Waals surface area contributed by atoms with Gasteiger partial charge in [0.25, 0.3) is 0 Å². The van der Waals surface area contributed by atoms with E-state index in [1.807, 2.05) is 6.07 Å². The van der Waals surface area contributed by atoms with Crippen molar-refractivity contribution in [2.24, 2.45) is 5.14 Å². The highest BCUT2D eigenvalue weighted by molar-refractivity contribution is 7.89. The smallest absolute Gasteiger partial charge is 0.238 e. The number of rotatable bonds is 17. The van der Waals surface area contributed by atoms with Gasteiger partial charge in [-0.2, -0.15) is 0 Å². The second-order valence-corrected chi connectivity index (χ2v) is 10.0. The molecule has 34 heavy (non-hydrogen) atoms. The first-order valence-corrected chi connectivity index (χ1v) is 13.4. The number of phenols is 1. The van der Waals surface area contributed by atoms with Crippen LogP contribution in [-0.4, -0.2) is 50.0 Å². The molecule has 0 heterocycles. The molecule has 0 aliphatic carbocycles. The summed E-state index contributed by atoms with van der Waals surface area (Å²) in [6, 6.07) is 11.5. The van der Waals surface area contributed by atoms with Crippen LogP contribution in [0.25, 0.3) is 0 Å². The van der Waals surface area contributed by atoms with Gasteiger partial charge in [0.2, 0.25) is 10.0 Å². The van der Waals surface area contributed by atoms with Crippen LogP contribution in [0.4, 0.5) is 0 Å². The van der Waals surface area contributed by atoms with Crippen LogP contribution in [0.5, 0.6) is 5.75 Å². The average Bonchev–Trinajstić information content (AvgIpc) is 2.81. The van der Waals surface area contributed by atoms with E-state index in [0.29, 0.717) is 24.3 Å². The first kappa shape index (κ1) is 28.2. The highest BCUT2D eigenvalue weighted by Crippen LogP contribution is 2.22. The van der Waals surface area contributed by atoms with Gasteiger partial charge in [0.1, 0.15) is 5.75 Å². The quantitative estimate of drug-likeness (QED) is 0.213. The lowest BCUT2D eigenvalue weighted by molar-refractivity contribution is 0.127. The standard InChI is InChI=1S/C25H38N2O6S/c26-34(31,32)23-10-6-8-20(16-23)9-7-15-33-14-5-3-1-2-4-13-27-18-25(30)21-11-12-24(29)22(17-21)19-28/h6,8,10-12,16-17,25,27-30H,1-5,7,9,13-15,18-19H2,(H2,26,31,32)/t25-/m0/s1. The van der Waals surface area contributed by atoms with E-state index in [2.05, 4.69) is 5.32 Å². The summed E-state index contributed by atoms with van der Waals surface area (Å²) < 4.78 is 28.5. The van der Waals surface area contributed by atoms with E-state index < -0.39 is 16.1 Å². The van der Waals surface area contributed by atoms with Gasteiger partial charge in [-0.25, -0.2) is 13.6 Å². The molecule has 0 saturated heterocycles. The van der Waals surface area contributed by atoms with Crippen LogP contribution in [0.3, 0.4) is 0 Å². The lowest BCUT2D eigenvalue weighted by Gasteiger charge is -2.14. The molecule has 0 unspecified atom stereocenters. The van der Waals surface area contributed by atoms with Crippen LogP contribution in [0.1, 0.15) is 61.3 Å². The monoisotopic (exact) mass is 494 g/mol. The largest absolute Gasteiger partial charge is 0.508 e. The summed E-state index contributed by atoms with van der Waals surface area (Å²) in [6.07, 6.45) is 6.29. The summed E-state index contributed by atoms with van der Waals surface area (Å²) in [4.78, 5) is 0.145. The maximum atomic E-state index is 11.4. The van der Waals surface area contributed by atoms with Gasteiger partial charge in [0, 0.05) is 25.3 Å². The second kappa shape index (κ2) is 15.1. The number of benzene rings is 2. The van der Waals surface area contributed by atoms with Gasteiger partial charge in [-0.1, -0.05) is 37.5 Å². The lowest BCUT2D eigenvalue weighted by atomic mass is 10.1. The molecule has 8 nitrogen and oxygen atoms in total. The second-order valence-electron chi connectivity index (χ2n) is 8.44. The fraction of sp³-hybridized carbons (Fsp3) is 0.520. The summed E-state index contributed by atoms with van der Waals surface area (Å²) >= 11 is 0. The zero-order valence-corrected chi connectivity index (χ0v) is 20.5. The first-order chi connectivity index (χ1) is 16.3. The molecule has 0 radical (unpaired) electrons. The van der Waals surface area contributed by atoms with Crippen LogP contribution >= 0.6 is 0 Å². The Bertz CT molecular complexity index is 968. The zero-order valence-electron chi connectivity index (χ0n) is 19.7. The third-order valence-electron chi connectivity index (χ3n) is 5.62. The van der Waals surface area contributed by atoms with Crippen LogP contribution in [0.15, 0.2) is 47.4 Å². The minimum Gasteiger partial charge on any atom is -0.508 e. The van der Waals surface area contributed by atoms with Gasteiger partial charge in [0.15, 0.2) is 0 Å². The van der Waals surface area contributed by atoms with E-state index in [4.69, 9.17) is 9.88 Å². The Labute approximate surface area is 202 Å². The molecule has 2 rings (SSSR count). The van der Waals surface area contributed by atoms with Gasteiger partial charge in [-0.3, -0.25) is 0 Å². The summed E-state index contributed by atoms with van der Waals surface area (Å²) in [5, 5.41) is 37.4. The Morgan fingerprint density at radius 1 is 0.971 bits per heavy atom. The number of hydrogen-bond donors (Lipinski definition) is 5. The number of aryl methyl sites for hydroxylation is 1.